The molecule has 0 radical (unpaired) electrons. The average Bonchev–Trinajstić information content (AvgIpc) is 2.48. The lowest BCUT2D eigenvalue weighted by atomic mass is 10.2. The van der Waals surface area contributed by atoms with Crippen molar-refractivity contribution in [3.8, 4) is 0 Å². The van der Waals surface area contributed by atoms with Crippen molar-refractivity contribution in [2.75, 3.05) is 13.2 Å². The second-order valence-corrected chi connectivity index (χ2v) is 5.96. The molecule has 5 heteroatoms. The Hall–Kier alpha value is -1.23. The summed E-state index contributed by atoms with van der Waals surface area (Å²) in [5.74, 6) is 0.0145. The number of ketones is 1. The fourth-order valence-electron chi connectivity index (χ4n) is 1.79. The Morgan fingerprint density at radius 1 is 1.19 bits per heavy atom. The third-order valence-corrected chi connectivity index (χ3v) is 3.63. The molecule has 3 nitrogen and oxygen atoms in total. The predicted octanol–water partition coefficient (Wildman–Crippen LogP) is 3.87. The first-order chi connectivity index (χ1) is 10.1. The van der Waals surface area contributed by atoms with Crippen molar-refractivity contribution in [2.45, 2.75) is 12.8 Å². The maximum absolute atomic E-state index is 11.7. The van der Waals surface area contributed by atoms with Crippen LogP contribution < -0.4 is 0 Å². The molecular weight excluding hydrogens is 354 g/mol. The highest BCUT2D eigenvalue weighted by Crippen LogP contribution is 2.11. The molecule has 1 aromatic heterocycles. The summed E-state index contributed by atoms with van der Waals surface area (Å²) in [6.45, 7) is 0.641. The number of carbonyl (C=O) groups excluding carboxylic acids is 1. The molecule has 0 N–H and O–H groups in total. The number of pyridine rings is 1. The second kappa shape index (κ2) is 8.27. The first-order valence-electron chi connectivity index (χ1n) is 6.58. The van der Waals surface area contributed by atoms with Crippen LogP contribution in [0.4, 0.5) is 0 Å². The van der Waals surface area contributed by atoms with Crippen LogP contribution in [0.5, 0.6) is 0 Å². The van der Waals surface area contributed by atoms with E-state index in [4.69, 9.17) is 16.3 Å². The molecule has 0 spiro atoms. The van der Waals surface area contributed by atoms with E-state index in [0.29, 0.717) is 17.3 Å². The van der Waals surface area contributed by atoms with Gasteiger partial charge in [0.05, 0.1) is 18.1 Å². The van der Waals surface area contributed by atoms with E-state index in [9.17, 15) is 4.79 Å². The van der Waals surface area contributed by atoms with Crippen molar-refractivity contribution in [3.05, 3.63) is 63.3 Å². The number of ether oxygens (including phenoxy) is 1. The third-order valence-electron chi connectivity index (χ3n) is 2.88. The van der Waals surface area contributed by atoms with Gasteiger partial charge in [0.15, 0.2) is 5.78 Å². The number of hydrogen-bond acceptors (Lipinski definition) is 3. The van der Waals surface area contributed by atoms with Crippen molar-refractivity contribution < 1.29 is 9.53 Å². The van der Waals surface area contributed by atoms with Gasteiger partial charge < -0.3 is 4.74 Å². The van der Waals surface area contributed by atoms with Gasteiger partial charge in [-0.05, 0) is 36.2 Å². The lowest BCUT2D eigenvalue weighted by Crippen LogP contribution is -2.13. The van der Waals surface area contributed by atoms with Crippen molar-refractivity contribution in [1.82, 2.24) is 4.98 Å². The van der Waals surface area contributed by atoms with Gasteiger partial charge in [-0.15, -0.1) is 0 Å². The van der Waals surface area contributed by atoms with Crippen LogP contribution in [0.15, 0.2) is 47.1 Å². The fraction of sp³-hybridized carbons (Fsp3) is 0.250. The van der Waals surface area contributed by atoms with Crippen molar-refractivity contribution in [1.29, 1.82) is 0 Å². The molecule has 0 aliphatic heterocycles. The van der Waals surface area contributed by atoms with Crippen LogP contribution in [0.2, 0.25) is 5.02 Å². The molecule has 0 saturated carbocycles. The molecule has 0 aliphatic carbocycles. The molecule has 0 fully saturated rings. The quantitative estimate of drug-likeness (QED) is 0.697. The maximum atomic E-state index is 11.7. The first-order valence-corrected chi connectivity index (χ1v) is 7.75. The predicted molar refractivity (Wildman–Crippen MR) is 86.6 cm³/mol. The topological polar surface area (TPSA) is 39.2 Å². The van der Waals surface area contributed by atoms with Crippen LogP contribution in [0, 0.1) is 0 Å². The van der Waals surface area contributed by atoms with Crippen LogP contribution in [0.25, 0.3) is 0 Å². The Kier molecular flexibility index (Phi) is 6.36. The summed E-state index contributed by atoms with van der Waals surface area (Å²) in [5, 5.41) is 0.567. The Labute approximate surface area is 137 Å². The van der Waals surface area contributed by atoms with E-state index in [-0.39, 0.29) is 18.8 Å². The van der Waals surface area contributed by atoms with Gasteiger partial charge in [0.2, 0.25) is 0 Å². The van der Waals surface area contributed by atoms with Crippen molar-refractivity contribution >= 4 is 33.3 Å². The number of aromatic nitrogens is 1. The average molecular weight is 369 g/mol. The lowest BCUT2D eigenvalue weighted by molar-refractivity contribution is -0.122. The summed E-state index contributed by atoms with van der Waals surface area (Å²) in [4.78, 5) is 15.8. The zero-order valence-electron chi connectivity index (χ0n) is 11.4. The van der Waals surface area contributed by atoms with E-state index >= 15 is 0 Å². The van der Waals surface area contributed by atoms with Gasteiger partial charge >= 0.3 is 0 Å². The minimum absolute atomic E-state index is 0.0145. The summed E-state index contributed by atoms with van der Waals surface area (Å²) in [6.07, 6.45) is 2.60. The highest BCUT2D eigenvalue weighted by Gasteiger charge is 2.05. The highest BCUT2D eigenvalue weighted by molar-refractivity contribution is 9.10. The first kappa shape index (κ1) is 16.1. The normalized spacial score (nSPS) is 10.6. The van der Waals surface area contributed by atoms with E-state index < -0.39 is 0 Å². The molecule has 2 rings (SSSR count). The fourth-order valence-corrected chi connectivity index (χ4v) is 2.17. The monoisotopic (exact) mass is 367 g/mol. The molecule has 0 amide bonds. The van der Waals surface area contributed by atoms with Gasteiger partial charge in [-0.25, -0.2) is 0 Å². The van der Waals surface area contributed by atoms with E-state index in [1.807, 2.05) is 24.3 Å². The van der Waals surface area contributed by atoms with Gasteiger partial charge in [0.1, 0.15) is 6.61 Å². The van der Waals surface area contributed by atoms with E-state index in [1.165, 1.54) is 5.56 Å². The van der Waals surface area contributed by atoms with Crippen LogP contribution in [-0.4, -0.2) is 24.0 Å². The number of halogens is 2. The van der Waals surface area contributed by atoms with Crippen LogP contribution in [0.1, 0.15) is 11.3 Å². The number of nitrogens with zero attached hydrogens (tertiary/aromatic N) is 1. The van der Waals surface area contributed by atoms with Gasteiger partial charge in [0.25, 0.3) is 0 Å². The molecule has 0 bridgehead atoms. The Bertz CT molecular complexity index is 584. The largest absolute Gasteiger partial charge is 0.373 e. The summed E-state index contributed by atoms with van der Waals surface area (Å²) in [6, 6.07) is 11.5. The molecule has 2 aromatic rings. The molecule has 0 atom stereocenters. The van der Waals surface area contributed by atoms with E-state index in [1.54, 1.807) is 18.3 Å². The zero-order valence-corrected chi connectivity index (χ0v) is 13.7. The standard InChI is InChI=1S/C16H15BrClNO2/c17-13-3-1-12(2-4-13)7-8-21-11-16(20)9-15-6-5-14(18)10-19-15/h1-6,10H,7-9,11H2. The molecule has 0 aliphatic rings. The minimum atomic E-state index is 0.0145. The van der Waals surface area contributed by atoms with Crippen molar-refractivity contribution in [3.63, 3.8) is 0 Å². The van der Waals surface area contributed by atoms with Crippen LogP contribution >= 0.6 is 27.5 Å². The molecular formula is C16H15BrClNO2. The van der Waals surface area contributed by atoms with Crippen LogP contribution in [0.3, 0.4) is 0 Å². The van der Waals surface area contributed by atoms with Crippen molar-refractivity contribution in [2.24, 2.45) is 0 Å². The van der Waals surface area contributed by atoms with Gasteiger partial charge in [0, 0.05) is 16.4 Å². The van der Waals surface area contributed by atoms with Crippen LogP contribution in [-0.2, 0) is 22.4 Å². The van der Waals surface area contributed by atoms with E-state index in [2.05, 4.69) is 20.9 Å². The summed E-state index contributed by atoms with van der Waals surface area (Å²) >= 11 is 9.14. The number of hydrogen-bond donors (Lipinski definition) is 0. The summed E-state index contributed by atoms with van der Waals surface area (Å²) in [7, 11) is 0. The number of benzene rings is 1. The second-order valence-electron chi connectivity index (χ2n) is 4.61. The Morgan fingerprint density at radius 2 is 1.95 bits per heavy atom. The van der Waals surface area contributed by atoms with E-state index in [0.717, 1.165) is 10.9 Å². The number of rotatable bonds is 7. The highest BCUT2D eigenvalue weighted by atomic mass is 79.9. The maximum Gasteiger partial charge on any atom is 0.164 e. The SMILES string of the molecule is O=C(COCCc1ccc(Br)cc1)Cc1ccc(Cl)cn1. The minimum Gasteiger partial charge on any atom is -0.373 e. The lowest BCUT2D eigenvalue weighted by Gasteiger charge is -2.04. The Morgan fingerprint density at radius 3 is 2.62 bits per heavy atom. The Balaban J connectivity index is 1.67. The third kappa shape index (κ3) is 5.96. The molecule has 1 heterocycles. The zero-order chi connectivity index (χ0) is 15.1. The molecule has 110 valence electrons. The summed E-state index contributed by atoms with van der Waals surface area (Å²) < 4.78 is 6.46. The van der Waals surface area contributed by atoms with Gasteiger partial charge in [-0.2, -0.15) is 0 Å². The number of Topliss-reactive ketones (excluding diaryl/α,β-unsaturated/α-hetero) is 1. The smallest absolute Gasteiger partial charge is 0.164 e. The molecule has 1 aromatic carbocycles. The number of carbonyl (C=O) groups is 1. The molecule has 0 saturated heterocycles. The molecule has 0 unspecified atom stereocenters. The molecule has 21 heavy (non-hydrogen) atoms. The van der Waals surface area contributed by atoms with Gasteiger partial charge in [-0.3, -0.25) is 9.78 Å². The summed E-state index contributed by atoms with van der Waals surface area (Å²) in [5.41, 5.74) is 1.89. The van der Waals surface area contributed by atoms with Gasteiger partial charge in [-0.1, -0.05) is 39.7 Å².